The predicted octanol–water partition coefficient (Wildman–Crippen LogP) is 1.62. The molecule has 2 aromatic rings. The number of H-pyrrole nitrogens is 1. The first kappa shape index (κ1) is 9.51. The van der Waals surface area contributed by atoms with E-state index >= 15 is 0 Å². The van der Waals surface area contributed by atoms with E-state index < -0.39 is 0 Å². The molecule has 0 saturated heterocycles. The third-order valence-electron chi connectivity index (χ3n) is 3.12. The summed E-state index contributed by atoms with van der Waals surface area (Å²) in [5.74, 6) is 0.978. The fourth-order valence-corrected chi connectivity index (χ4v) is 2.19. The van der Waals surface area contributed by atoms with Crippen LogP contribution in [-0.4, -0.2) is 19.9 Å². The van der Waals surface area contributed by atoms with Crippen LogP contribution in [0.2, 0.25) is 0 Å². The van der Waals surface area contributed by atoms with E-state index in [-0.39, 0.29) is 0 Å². The Kier molecular flexibility index (Phi) is 1.87. The van der Waals surface area contributed by atoms with E-state index in [4.69, 9.17) is 0 Å². The average Bonchev–Trinajstić information content (AvgIpc) is 2.56. The van der Waals surface area contributed by atoms with Gasteiger partial charge in [0.25, 0.3) is 0 Å². The van der Waals surface area contributed by atoms with Crippen LogP contribution >= 0.6 is 0 Å². The third kappa shape index (κ3) is 1.33. The molecule has 1 N–H and O–H groups in total. The van der Waals surface area contributed by atoms with Crippen LogP contribution in [0.4, 0.5) is 0 Å². The highest BCUT2D eigenvalue weighted by molar-refractivity contribution is 5.34. The van der Waals surface area contributed by atoms with Crippen molar-refractivity contribution in [2.45, 2.75) is 33.6 Å². The lowest BCUT2D eigenvalue weighted by atomic mass is 10.0. The maximum atomic E-state index is 4.61. The van der Waals surface area contributed by atoms with Crippen LogP contribution in [0.15, 0.2) is 0 Å². The summed E-state index contributed by atoms with van der Waals surface area (Å²) in [6.07, 6.45) is 1.64. The van der Waals surface area contributed by atoms with Crippen molar-refractivity contribution in [1.29, 1.82) is 0 Å². The Morgan fingerprint density at radius 2 is 1.44 bits per heavy atom. The van der Waals surface area contributed by atoms with Crippen LogP contribution in [0.5, 0.6) is 0 Å². The van der Waals surface area contributed by atoms with Gasteiger partial charge in [-0.2, -0.15) is 0 Å². The number of aryl methyl sites for hydroxylation is 3. The molecule has 2 heterocycles. The minimum absolute atomic E-state index is 0.809. The zero-order valence-corrected chi connectivity index (χ0v) is 9.76. The molecule has 0 fully saturated rings. The van der Waals surface area contributed by atoms with E-state index in [0.29, 0.717) is 0 Å². The fourth-order valence-electron chi connectivity index (χ4n) is 2.19. The number of rotatable bonds is 0. The van der Waals surface area contributed by atoms with Crippen LogP contribution in [0.1, 0.15) is 40.0 Å². The summed E-state index contributed by atoms with van der Waals surface area (Å²) in [6, 6.07) is 0. The summed E-state index contributed by atoms with van der Waals surface area (Å²) >= 11 is 0. The number of hydrogen-bond acceptors (Lipinski definition) is 3. The van der Waals surface area contributed by atoms with E-state index in [0.717, 1.165) is 47.1 Å². The van der Waals surface area contributed by atoms with Crippen molar-refractivity contribution in [3.8, 4) is 0 Å². The van der Waals surface area contributed by atoms with Crippen molar-refractivity contribution in [1.82, 2.24) is 19.9 Å². The smallest absolute Gasteiger partial charge is 0.103 e. The highest BCUT2D eigenvalue weighted by atomic mass is 15.0. The second kappa shape index (κ2) is 3.14. The number of aromatic nitrogens is 4. The van der Waals surface area contributed by atoms with E-state index in [1.54, 1.807) is 0 Å². The molecule has 82 valence electrons. The lowest BCUT2D eigenvalue weighted by Crippen LogP contribution is -2.13. The minimum Gasteiger partial charge on any atom is -0.346 e. The molecule has 0 unspecified atom stereocenters. The molecule has 0 bridgehead atoms. The zero-order valence-electron chi connectivity index (χ0n) is 9.76. The predicted molar refractivity (Wildman–Crippen MR) is 60.4 cm³/mol. The largest absolute Gasteiger partial charge is 0.346 e. The Morgan fingerprint density at radius 1 is 0.812 bits per heavy atom. The van der Waals surface area contributed by atoms with Crippen molar-refractivity contribution in [3.63, 3.8) is 0 Å². The first-order valence-corrected chi connectivity index (χ1v) is 5.51. The monoisotopic (exact) mass is 214 g/mol. The van der Waals surface area contributed by atoms with Crippen molar-refractivity contribution < 1.29 is 0 Å². The highest BCUT2D eigenvalue weighted by Crippen LogP contribution is 2.23. The van der Waals surface area contributed by atoms with Gasteiger partial charge >= 0.3 is 0 Å². The Hall–Kier alpha value is -1.71. The number of nitrogens with one attached hydrogen (secondary N) is 1. The molecule has 0 atom stereocenters. The van der Waals surface area contributed by atoms with Gasteiger partial charge in [-0.1, -0.05) is 0 Å². The van der Waals surface area contributed by atoms with Crippen molar-refractivity contribution in [2.75, 3.05) is 0 Å². The SMILES string of the molecule is Cc1nc2c([nH]1)Cc1nc(C)c(C)nc1C2. The van der Waals surface area contributed by atoms with E-state index in [2.05, 4.69) is 19.9 Å². The van der Waals surface area contributed by atoms with Gasteiger partial charge in [-0.3, -0.25) is 9.97 Å². The molecule has 0 amide bonds. The molecule has 3 rings (SSSR count). The van der Waals surface area contributed by atoms with Gasteiger partial charge in [0.1, 0.15) is 5.82 Å². The molecule has 4 heteroatoms. The topological polar surface area (TPSA) is 54.5 Å². The summed E-state index contributed by atoms with van der Waals surface area (Å²) in [6.45, 7) is 6.00. The molecule has 0 radical (unpaired) electrons. The van der Waals surface area contributed by atoms with Crippen molar-refractivity contribution in [2.24, 2.45) is 0 Å². The van der Waals surface area contributed by atoms with Gasteiger partial charge < -0.3 is 4.98 Å². The normalized spacial score (nSPS) is 13.4. The third-order valence-corrected chi connectivity index (χ3v) is 3.12. The number of imidazole rings is 1. The van der Waals surface area contributed by atoms with E-state index in [1.165, 1.54) is 5.69 Å². The van der Waals surface area contributed by atoms with Gasteiger partial charge in [0.15, 0.2) is 0 Å². The van der Waals surface area contributed by atoms with Gasteiger partial charge in [0.2, 0.25) is 0 Å². The van der Waals surface area contributed by atoms with Gasteiger partial charge in [0.05, 0.1) is 28.5 Å². The lowest BCUT2D eigenvalue weighted by molar-refractivity contribution is 0.830. The Bertz CT molecular complexity index is 520. The summed E-state index contributed by atoms with van der Waals surface area (Å²) in [7, 11) is 0. The van der Waals surface area contributed by atoms with E-state index in [9.17, 15) is 0 Å². The van der Waals surface area contributed by atoms with Crippen LogP contribution in [0, 0.1) is 20.8 Å². The molecule has 0 aliphatic heterocycles. The van der Waals surface area contributed by atoms with Crippen molar-refractivity contribution >= 4 is 0 Å². The second-order valence-electron chi connectivity index (χ2n) is 4.39. The first-order valence-electron chi connectivity index (χ1n) is 5.51. The molecule has 2 aromatic heterocycles. The van der Waals surface area contributed by atoms with Crippen LogP contribution in [-0.2, 0) is 12.8 Å². The van der Waals surface area contributed by atoms with Gasteiger partial charge in [-0.15, -0.1) is 0 Å². The highest BCUT2D eigenvalue weighted by Gasteiger charge is 2.21. The molecule has 1 aliphatic carbocycles. The fraction of sp³-hybridized carbons (Fsp3) is 0.417. The number of hydrogen-bond donors (Lipinski definition) is 1. The minimum atomic E-state index is 0.809. The summed E-state index contributed by atoms with van der Waals surface area (Å²) in [4.78, 5) is 17.0. The molecule has 0 saturated carbocycles. The van der Waals surface area contributed by atoms with Gasteiger partial charge in [0, 0.05) is 18.5 Å². The first-order chi connectivity index (χ1) is 7.63. The standard InChI is InChI=1S/C12H14N4/c1-6-7(2)14-10-5-12-11(4-9(10)13-6)15-8(3)16-12/h4-5H2,1-3H3,(H,15,16). The maximum absolute atomic E-state index is 4.61. The maximum Gasteiger partial charge on any atom is 0.103 e. The van der Waals surface area contributed by atoms with Crippen LogP contribution < -0.4 is 0 Å². The number of nitrogens with zero attached hydrogens (tertiary/aromatic N) is 3. The Labute approximate surface area is 94.2 Å². The Balaban J connectivity index is 2.11. The molecular formula is C12H14N4. The quantitative estimate of drug-likeness (QED) is 0.618. The average molecular weight is 214 g/mol. The number of aromatic amines is 1. The zero-order chi connectivity index (χ0) is 11.3. The molecule has 4 nitrogen and oxygen atoms in total. The number of fused-ring (bicyclic) bond motifs is 2. The summed E-state index contributed by atoms with van der Waals surface area (Å²) in [5, 5.41) is 0. The molecule has 16 heavy (non-hydrogen) atoms. The lowest BCUT2D eigenvalue weighted by Gasteiger charge is -2.15. The van der Waals surface area contributed by atoms with Gasteiger partial charge in [-0.05, 0) is 20.8 Å². The summed E-state index contributed by atoms with van der Waals surface area (Å²) < 4.78 is 0. The summed E-state index contributed by atoms with van der Waals surface area (Å²) in [5.41, 5.74) is 6.55. The Morgan fingerprint density at radius 3 is 2.12 bits per heavy atom. The van der Waals surface area contributed by atoms with Crippen molar-refractivity contribution in [3.05, 3.63) is 40.0 Å². The van der Waals surface area contributed by atoms with Crippen LogP contribution in [0.25, 0.3) is 0 Å². The molecule has 0 spiro atoms. The van der Waals surface area contributed by atoms with Crippen LogP contribution in [0.3, 0.4) is 0 Å². The van der Waals surface area contributed by atoms with E-state index in [1.807, 2.05) is 20.8 Å². The molecule has 1 aliphatic rings. The molecule has 0 aromatic carbocycles. The van der Waals surface area contributed by atoms with Gasteiger partial charge in [-0.25, -0.2) is 4.98 Å². The second-order valence-corrected chi connectivity index (χ2v) is 4.39. The molecular weight excluding hydrogens is 200 g/mol.